The minimum Gasteiger partial charge on any atom is -0.454 e. The minimum absolute atomic E-state index is 0.132. The summed E-state index contributed by atoms with van der Waals surface area (Å²) in [6.07, 6.45) is 8.61. The number of hydrogen-bond acceptors (Lipinski definition) is 2. The molecular weight excluding hydrogens is 691 g/mol. The SMILES string of the molecule is CC1(C)c2ccccc2-c2ccc(N(c3ccc(-c4ccc(C56CC7CC(CC(C7)C5)C6)cc4)cc3-c3ccccc3)c3cccc4c3oc3ccccc34)cc21. The molecule has 4 fully saturated rings. The molecule has 7 aromatic carbocycles. The Balaban J connectivity index is 1.04. The first-order valence-corrected chi connectivity index (χ1v) is 21.2. The summed E-state index contributed by atoms with van der Waals surface area (Å²) >= 11 is 0. The predicted octanol–water partition coefficient (Wildman–Crippen LogP) is 15.2. The summed E-state index contributed by atoms with van der Waals surface area (Å²) in [7, 11) is 0. The molecule has 0 spiro atoms. The van der Waals surface area contributed by atoms with Crippen molar-refractivity contribution in [3.05, 3.63) is 174 Å². The van der Waals surface area contributed by atoms with Crippen LogP contribution in [-0.2, 0) is 10.8 Å². The smallest absolute Gasteiger partial charge is 0.159 e. The second-order valence-corrected chi connectivity index (χ2v) is 18.4. The zero-order chi connectivity index (χ0) is 37.9. The van der Waals surface area contributed by atoms with Gasteiger partial charge >= 0.3 is 0 Å². The molecule has 8 aromatic rings. The van der Waals surface area contributed by atoms with E-state index in [9.17, 15) is 0 Å². The van der Waals surface area contributed by atoms with Gasteiger partial charge in [-0.15, -0.1) is 0 Å². The minimum atomic E-state index is -0.132. The Kier molecular flexibility index (Phi) is 7.20. The average molecular weight is 738 g/mol. The first-order chi connectivity index (χ1) is 27.9. The molecular formula is C55H47NO. The third-order valence-corrected chi connectivity index (χ3v) is 14.6. The van der Waals surface area contributed by atoms with Crippen LogP contribution >= 0.6 is 0 Å². The molecule has 0 amide bonds. The molecule has 4 saturated carbocycles. The van der Waals surface area contributed by atoms with Gasteiger partial charge in [0.15, 0.2) is 5.58 Å². The molecule has 1 heterocycles. The summed E-state index contributed by atoms with van der Waals surface area (Å²) in [6.45, 7) is 4.73. The highest BCUT2D eigenvalue weighted by Crippen LogP contribution is 2.61. The van der Waals surface area contributed by atoms with Gasteiger partial charge in [-0.1, -0.05) is 135 Å². The highest BCUT2D eigenvalue weighted by Gasteiger charge is 2.51. The Morgan fingerprint density at radius 3 is 1.95 bits per heavy atom. The van der Waals surface area contributed by atoms with Crippen LogP contribution in [0.4, 0.5) is 17.1 Å². The number of para-hydroxylation sites is 2. The Labute approximate surface area is 335 Å². The fourth-order valence-electron chi connectivity index (χ4n) is 12.4. The number of nitrogens with zero attached hydrogens (tertiary/aromatic N) is 1. The first-order valence-electron chi connectivity index (χ1n) is 21.2. The van der Waals surface area contributed by atoms with Gasteiger partial charge in [0, 0.05) is 27.4 Å². The third kappa shape index (κ3) is 5.09. The van der Waals surface area contributed by atoms with Crippen molar-refractivity contribution in [2.75, 3.05) is 4.90 Å². The molecule has 13 rings (SSSR count). The van der Waals surface area contributed by atoms with Crippen LogP contribution in [0.1, 0.15) is 69.1 Å². The molecule has 0 N–H and O–H groups in total. The number of hydrogen-bond donors (Lipinski definition) is 0. The average Bonchev–Trinajstić information content (AvgIpc) is 3.73. The Morgan fingerprint density at radius 2 is 1.16 bits per heavy atom. The van der Waals surface area contributed by atoms with Crippen LogP contribution in [-0.4, -0.2) is 0 Å². The first kappa shape index (κ1) is 33.3. The van der Waals surface area contributed by atoms with Crippen molar-refractivity contribution in [2.24, 2.45) is 17.8 Å². The molecule has 4 bridgehead atoms. The highest BCUT2D eigenvalue weighted by atomic mass is 16.3. The number of rotatable bonds is 6. The van der Waals surface area contributed by atoms with E-state index in [1.807, 2.05) is 0 Å². The summed E-state index contributed by atoms with van der Waals surface area (Å²) in [5.74, 6) is 2.83. The van der Waals surface area contributed by atoms with Crippen LogP contribution in [0.3, 0.4) is 0 Å². The summed E-state index contributed by atoms with van der Waals surface area (Å²) in [5.41, 5.74) is 17.2. The molecule has 0 radical (unpaired) electrons. The van der Waals surface area contributed by atoms with E-state index in [4.69, 9.17) is 4.42 Å². The molecule has 2 nitrogen and oxygen atoms in total. The lowest BCUT2D eigenvalue weighted by Gasteiger charge is -2.57. The fraction of sp³-hybridized carbons (Fsp3) is 0.236. The summed E-state index contributed by atoms with van der Waals surface area (Å²) in [4.78, 5) is 2.45. The monoisotopic (exact) mass is 737 g/mol. The molecule has 2 heteroatoms. The molecule has 5 aliphatic carbocycles. The number of fused-ring (bicyclic) bond motifs is 6. The van der Waals surface area contributed by atoms with E-state index < -0.39 is 0 Å². The summed E-state index contributed by atoms with van der Waals surface area (Å²) < 4.78 is 6.79. The van der Waals surface area contributed by atoms with Crippen molar-refractivity contribution in [1.29, 1.82) is 0 Å². The van der Waals surface area contributed by atoms with Crippen LogP contribution in [0.25, 0.3) is 55.3 Å². The van der Waals surface area contributed by atoms with Gasteiger partial charge in [0.25, 0.3) is 0 Å². The quantitative estimate of drug-likeness (QED) is 0.169. The predicted molar refractivity (Wildman–Crippen MR) is 237 cm³/mol. The Morgan fingerprint density at radius 1 is 0.491 bits per heavy atom. The topological polar surface area (TPSA) is 16.4 Å². The summed E-state index contributed by atoms with van der Waals surface area (Å²) in [5, 5.41) is 2.26. The maximum absolute atomic E-state index is 6.79. The van der Waals surface area contributed by atoms with Crippen LogP contribution < -0.4 is 4.90 Å². The van der Waals surface area contributed by atoms with Crippen LogP contribution in [0.2, 0.25) is 0 Å². The largest absolute Gasteiger partial charge is 0.454 e. The van der Waals surface area contributed by atoms with Gasteiger partial charge in [0.2, 0.25) is 0 Å². The van der Waals surface area contributed by atoms with Gasteiger partial charge in [-0.2, -0.15) is 0 Å². The van der Waals surface area contributed by atoms with Gasteiger partial charge in [-0.25, -0.2) is 0 Å². The van der Waals surface area contributed by atoms with E-state index in [1.54, 1.807) is 5.56 Å². The van der Waals surface area contributed by atoms with Crippen LogP contribution in [0.15, 0.2) is 162 Å². The van der Waals surface area contributed by atoms with E-state index in [1.165, 1.54) is 83.0 Å². The lowest BCUT2D eigenvalue weighted by Crippen LogP contribution is -2.48. The Bertz CT molecular complexity index is 2820. The van der Waals surface area contributed by atoms with Gasteiger partial charge in [0.1, 0.15) is 5.58 Å². The van der Waals surface area contributed by atoms with E-state index in [0.717, 1.165) is 56.8 Å². The highest BCUT2D eigenvalue weighted by molar-refractivity contribution is 6.11. The molecule has 0 unspecified atom stereocenters. The molecule has 5 aliphatic rings. The zero-order valence-electron chi connectivity index (χ0n) is 32.8. The fourth-order valence-corrected chi connectivity index (χ4v) is 12.4. The van der Waals surface area contributed by atoms with Crippen molar-refractivity contribution in [1.82, 2.24) is 0 Å². The standard InChI is InChI=1S/C55H47NO/c1-54(2)48-16-8-6-13-43(48)44-25-24-42(31-49(44)54)56(51-17-10-15-46-45-14-7-9-18-52(45)57-53(46)51)50-26-21-40(30-47(50)39-11-4-3-5-12-39)38-19-22-41(23-20-38)55-32-35-27-36(33-55)29-37(28-35)34-55/h3-26,30-31,35-37H,27-29,32-34H2,1-2H3. The van der Waals surface area contributed by atoms with Crippen molar-refractivity contribution in [3.63, 3.8) is 0 Å². The van der Waals surface area contributed by atoms with Gasteiger partial charge < -0.3 is 9.32 Å². The van der Waals surface area contributed by atoms with E-state index in [2.05, 4.69) is 176 Å². The van der Waals surface area contributed by atoms with E-state index in [-0.39, 0.29) is 5.41 Å². The molecule has 57 heavy (non-hydrogen) atoms. The summed E-state index contributed by atoms with van der Waals surface area (Å²) in [6, 6.07) is 58.8. The number of benzene rings is 7. The second kappa shape index (κ2) is 12.3. The molecule has 1 aromatic heterocycles. The van der Waals surface area contributed by atoms with Gasteiger partial charge in [-0.05, 0) is 143 Å². The Hall–Kier alpha value is -5.86. The molecule has 0 aliphatic heterocycles. The van der Waals surface area contributed by atoms with Crippen molar-refractivity contribution in [2.45, 2.75) is 63.2 Å². The van der Waals surface area contributed by atoms with Crippen molar-refractivity contribution in [3.8, 4) is 33.4 Å². The van der Waals surface area contributed by atoms with Gasteiger partial charge in [0.05, 0.1) is 11.4 Å². The molecule has 0 saturated heterocycles. The van der Waals surface area contributed by atoms with Crippen molar-refractivity contribution >= 4 is 39.0 Å². The number of furan rings is 1. The van der Waals surface area contributed by atoms with Crippen LogP contribution in [0.5, 0.6) is 0 Å². The normalized spacial score (nSPS) is 22.5. The van der Waals surface area contributed by atoms with E-state index in [0.29, 0.717) is 5.41 Å². The van der Waals surface area contributed by atoms with Crippen molar-refractivity contribution < 1.29 is 4.42 Å². The number of anilines is 3. The zero-order valence-corrected chi connectivity index (χ0v) is 32.8. The maximum Gasteiger partial charge on any atom is 0.159 e. The maximum atomic E-state index is 6.79. The third-order valence-electron chi connectivity index (χ3n) is 14.6. The van der Waals surface area contributed by atoms with Crippen LogP contribution in [0, 0.1) is 17.8 Å². The lowest BCUT2D eigenvalue weighted by atomic mass is 9.48. The second-order valence-electron chi connectivity index (χ2n) is 18.4. The van der Waals surface area contributed by atoms with E-state index >= 15 is 0 Å². The molecule has 0 atom stereocenters. The molecule has 278 valence electrons. The van der Waals surface area contributed by atoms with Gasteiger partial charge in [-0.3, -0.25) is 0 Å². The lowest BCUT2D eigenvalue weighted by molar-refractivity contribution is -0.00518.